The molecule has 0 saturated carbocycles. The number of rotatable bonds is 9. The van der Waals surface area contributed by atoms with Crippen LogP contribution in [-0.4, -0.2) is 0 Å². The number of fused-ring (bicyclic) bond motifs is 2. The maximum Gasteiger partial charge on any atom is 0.0474 e. The molecule has 0 atom stereocenters. The smallest absolute Gasteiger partial charge is 0.0474 e. The highest BCUT2D eigenvalue weighted by Gasteiger charge is 2.21. The molecule has 0 aliphatic heterocycles. The molecular weight excluding hydrogens is 759 g/mol. The molecule has 11 aromatic rings. The molecular formula is C62H43N. The lowest BCUT2D eigenvalue weighted by molar-refractivity contribution is 1.28. The van der Waals surface area contributed by atoms with E-state index in [9.17, 15) is 0 Å². The molecule has 1 heteroatoms. The lowest BCUT2D eigenvalue weighted by Crippen LogP contribution is -2.11. The van der Waals surface area contributed by atoms with Crippen LogP contribution in [0.3, 0.4) is 0 Å². The Morgan fingerprint density at radius 1 is 0.190 bits per heavy atom. The first-order valence-corrected chi connectivity index (χ1v) is 21.7. The Bertz CT molecular complexity index is 3150. The Kier molecular flexibility index (Phi) is 9.97. The Balaban J connectivity index is 1.09. The van der Waals surface area contributed by atoms with Gasteiger partial charge in [-0.25, -0.2) is 0 Å². The molecule has 0 spiro atoms. The molecule has 0 unspecified atom stereocenters. The van der Waals surface area contributed by atoms with Gasteiger partial charge in [-0.15, -0.1) is 0 Å². The van der Waals surface area contributed by atoms with Gasteiger partial charge in [-0.3, -0.25) is 0 Å². The van der Waals surface area contributed by atoms with Crippen LogP contribution < -0.4 is 4.90 Å². The number of benzene rings is 11. The summed E-state index contributed by atoms with van der Waals surface area (Å²) in [6.45, 7) is 0. The fourth-order valence-corrected chi connectivity index (χ4v) is 9.01. The van der Waals surface area contributed by atoms with Crippen molar-refractivity contribution in [3.63, 3.8) is 0 Å². The van der Waals surface area contributed by atoms with E-state index in [-0.39, 0.29) is 0 Å². The molecule has 0 aliphatic rings. The van der Waals surface area contributed by atoms with Crippen molar-refractivity contribution in [3.8, 4) is 66.8 Å². The second-order valence-electron chi connectivity index (χ2n) is 16.1. The molecule has 11 rings (SSSR count). The van der Waals surface area contributed by atoms with Crippen molar-refractivity contribution in [1.82, 2.24) is 0 Å². The Labute approximate surface area is 369 Å². The quantitative estimate of drug-likeness (QED) is 0.141. The first kappa shape index (κ1) is 37.7. The summed E-state index contributed by atoms with van der Waals surface area (Å²) < 4.78 is 0. The topological polar surface area (TPSA) is 3.24 Å². The Morgan fingerprint density at radius 3 is 0.952 bits per heavy atom. The van der Waals surface area contributed by atoms with E-state index in [1.807, 2.05) is 0 Å². The largest absolute Gasteiger partial charge is 0.310 e. The van der Waals surface area contributed by atoms with Crippen molar-refractivity contribution in [1.29, 1.82) is 0 Å². The summed E-state index contributed by atoms with van der Waals surface area (Å²) >= 11 is 0. The second kappa shape index (κ2) is 16.7. The average molecular weight is 802 g/mol. The van der Waals surface area contributed by atoms with E-state index in [2.05, 4.69) is 266 Å². The van der Waals surface area contributed by atoms with E-state index in [0.29, 0.717) is 0 Å². The van der Waals surface area contributed by atoms with Gasteiger partial charge in [-0.1, -0.05) is 212 Å². The lowest BCUT2D eigenvalue weighted by Gasteiger charge is -2.29. The van der Waals surface area contributed by atoms with Crippen LogP contribution >= 0.6 is 0 Å². The molecule has 0 heterocycles. The van der Waals surface area contributed by atoms with Crippen molar-refractivity contribution in [2.24, 2.45) is 0 Å². The van der Waals surface area contributed by atoms with Crippen LogP contribution in [0, 0.1) is 0 Å². The minimum atomic E-state index is 1.08. The van der Waals surface area contributed by atoms with Crippen molar-refractivity contribution >= 4 is 38.6 Å². The molecule has 0 N–H and O–H groups in total. The minimum absolute atomic E-state index is 1.08. The SMILES string of the molecule is c1ccc(-c2ccc(-c3c(-c4ccccc4)cc(N(c4ccc(-c5ccc6ccccc6c5)cc4)c4ccc(-c5ccc6ccccc6c5)cc4)cc3-c3ccccc3)cc2)cc1. The van der Waals surface area contributed by atoms with Crippen molar-refractivity contribution < 1.29 is 0 Å². The fourth-order valence-electron chi connectivity index (χ4n) is 9.01. The highest BCUT2D eigenvalue weighted by Crippen LogP contribution is 2.47. The standard InChI is InChI=1S/C62H43N/c1-4-14-44(15-5-1)47-24-28-52(29-25-47)62-60(50-18-6-2-7-19-50)42-59(43-61(62)51-20-8-3-9-21-51)63(57-36-32-48(33-37-57)55-30-26-45-16-10-12-22-53(45)40-55)58-38-34-49(35-39-58)56-31-27-46-17-11-13-23-54(46)41-56/h1-43H. The Morgan fingerprint density at radius 2 is 0.508 bits per heavy atom. The third-order valence-corrected chi connectivity index (χ3v) is 12.2. The second-order valence-corrected chi connectivity index (χ2v) is 16.1. The molecule has 0 aromatic heterocycles. The van der Waals surface area contributed by atoms with E-state index < -0.39 is 0 Å². The Hall–Kier alpha value is -8.26. The van der Waals surface area contributed by atoms with E-state index in [1.54, 1.807) is 0 Å². The van der Waals surface area contributed by atoms with Gasteiger partial charge in [0.15, 0.2) is 0 Å². The highest BCUT2D eigenvalue weighted by molar-refractivity contribution is 5.99. The number of anilines is 3. The van der Waals surface area contributed by atoms with Crippen molar-refractivity contribution in [3.05, 3.63) is 261 Å². The molecule has 0 fully saturated rings. The first-order chi connectivity index (χ1) is 31.2. The molecule has 0 radical (unpaired) electrons. The zero-order chi connectivity index (χ0) is 42.0. The fraction of sp³-hybridized carbons (Fsp3) is 0. The van der Waals surface area contributed by atoms with Gasteiger partial charge in [0.2, 0.25) is 0 Å². The maximum atomic E-state index is 2.41. The van der Waals surface area contributed by atoms with Crippen molar-refractivity contribution in [2.75, 3.05) is 4.90 Å². The molecule has 0 saturated heterocycles. The van der Waals surface area contributed by atoms with Gasteiger partial charge in [0, 0.05) is 17.1 Å². The van der Waals surface area contributed by atoms with Crippen LogP contribution in [0.25, 0.3) is 88.3 Å². The molecule has 0 aliphatic carbocycles. The van der Waals surface area contributed by atoms with Crippen LogP contribution in [0.1, 0.15) is 0 Å². The zero-order valence-corrected chi connectivity index (χ0v) is 34.8. The summed E-state index contributed by atoms with van der Waals surface area (Å²) in [4.78, 5) is 2.41. The van der Waals surface area contributed by atoms with E-state index >= 15 is 0 Å². The number of hydrogen-bond donors (Lipinski definition) is 0. The van der Waals surface area contributed by atoms with Crippen LogP contribution in [-0.2, 0) is 0 Å². The van der Waals surface area contributed by atoms with Crippen LogP contribution in [0.15, 0.2) is 261 Å². The third-order valence-electron chi connectivity index (χ3n) is 12.2. The number of nitrogens with zero attached hydrogens (tertiary/aromatic N) is 1. The van der Waals surface area contributed by atoms with Crippen molar-refractivity contribution in [2.45, 2.75) is 0 Å². The molecule has 0 amide bonds. The summed E-state index contributed by atoms with van der Waals surface area (Å²) in [6.07, 6.45) is 0. The summed E-state index contributed by atoms with van der Waals surface area (Å²) in [5.41, 5.74) is 17.5. The van der Waals surface area contributed by atoms with Crippen LogP contribution in [0.4, 0.5) is 17.1 Å². The van der Waals surface area contributed by atoms with Gasteiger partial charge in [0.1, 0.15) is 0 Å². The van der Waals surface area contributed by atoms with Gasteiger partial charge < -0.3 is 4.90 Å². The number of hydrogen-bond acceptors (Lipinski definition) is 1. The first-order valence-electron chi connectivity index (χ1n) is 21.7. The summed E-state index contributed by atoms with van der Waals surface area (Å²) in [7, 11) is 0. The molecule has 63 heavy (non-hydrogen) atoms. The maximum absolute atomic E-state index is 2.41. The summed E-state index contributed by atoms with van der Waals surface area (Å²) in [5.74, 6) is 0. The summed E-state index contributed by atoms with van der Waals surface area (Å²) in [6, 6.07) is 94.8. The predicted octanol–water partition coefficient (Wildman–Crippen LogP) is 17.5. The van der Waals surface area contributed by atoms with E-state index in [0.717, 1.165) is 28.2 Å². The predicted molar refractivity (Wildman–Crippen MR) is 269 cm³/mol. The molecule has 0 bridgehead atoms. The lowest BCUT2D eigenvalue weighted by atomic mass is 9.86. The van der Waals surface area contributed by atoms with Gasteiger partial charge >= 0.3 is 0 Å². The van der Waals surface area contributed by atoms with Gasteiger partial charge in [-0.2, -0.15) is 0 Å². The van der Waals surface area contributed by atoms with Crippen LogP contribution in [0.5, 0.6) is 0 Å². The molecule has 11 aromatic carbocycles. The molecule has 1 nitrogen and oxygen atoms in total. The van der Waals surface area contributed by atoms with E-state index in [1.165, 1.54) is 77.2 Å². The normalized spacial score (nSPS) is 11.2. The molecule has 296 valence electrons. The highest BCUT2D eigenvalue weighted by atomic mass is 15.1. The summed E-state index contributed by atoms with van der Waals surface area (Å²) in [5, 5.41) is 4.97. The average Bonchev–Trinajstić information content (AvgIpc) is 3.37. The third kappa shape index (κ3) is 7.58. The zero-order valence-electron chi connectivity index (χ0n) is 34.8. The van der Waals surface area contributed by atoms with E-state index in [4.69, 9.17) is 0 Å². The monoisotopic (exact) mass is 801 g/mol. The van der Waals surface area contributed by atoms with Gasteiger partial charge in [-0.05, 0) is 137 Å². The minimum Gasteiger partial charge on any atom is -0.310 e. The van der Waals surface area contributed by atoms with Crippen LogP contribution in [0.2, 0.25) is 0 Å². The van der Waals surface area contributed by atoms with Gasteiger partial charge in [0.25, 0.3) is 0 Å². The van der Waals surface area contributed by atoms with Gasteiger partial charge in [0.05, 0.1) is 0 Å².